The van der Waals surface area contributed by atoms with Gasteiger partial charge in [0, 0.05) is 23.1 Å². The van der Waals surface area contributed by atoms with Crippen molar-refractivity contribution < 1.29 is 18.8 Å². The Morgan fingerprint density at radius 1 is 1.23 bits per heavy atom. The van der Waals surface area contributed by atoms with Crippen LogP contribution in [-0.4, -0.2) is 27.4 Å². The number of rotatable bonds is 6. The van der Waals surface area contributed by atoms with E-state index in [2.05, 4.69) is 15.3 Å². The van der Waals surface area contributed by atoms with Crippen LogP contribution in [0.25, 0.3) is 21.3 Å². The van der Waals surface area contributed by atoms with Crippen molar-refractivity contribution in [2.45, 2.75) is 6.92 Å². The van der Waals surface area contributed by atoms with Crippen molar-refractivity contribution in [2.24, 2.45) is 0 Å². The number of fused-ring (bicyclic) bond motifs is 1. The molecule has 8 nitrogen and oxygen atoms in total. The first-order valence-corrected chi connectivity index (χ1v) is 9.96. The van der Waals surface area contributed by atoms with Gasteiger partial charge in [-0.1, -0.05) is 29.8 Å². The average molecular weight is 438 g/mol. The van der Waals surface area contributed by atoms with Crippen LogP contribution in [-0.2, 0) is 4.79 Å². The number of halogens is 1. The van der Waals surface area contributed by atoms with Gasteiger partial charge < -0.3 is 10.1 Å². The largest absolute Gasteiger partial charge is 0.467 e. The molecule has 1 N–H and O–H groups in total. The number of amides is 1. The molecule has 0 aliphatic rings. The lowest BCUT2D eigenvalue weighted by Gasteiger charge is -2.09. The lowest BCUT2D eigenvalue weighted by molar-refractivity contribution is -0.384. The van der Waals surface area contributed by atoms with Crippen molar-refractivity contribution in [3.05, 3.63) is 75.7 Å². The molecule has 0 fully saturated rings. The van der Waals surface area contributed by atoms with E-state index in [1.807, 2.05) is 36.6 Å². The smallest absolute Gasteiger partial charge is 0.271 e. The molecule has 31 heavy (non-hydrogen) atoms. The monoisotopic (exact) mass is 438 g/mol. The van der Waals surface area contributed by atoms with Crippen LogP contribution >= 0.6 is 11.3 Å². The highest BCUT2D eigenvalue weighted by molar-refractivity contribution is 7.17. The van der Waals surface area contributed by atoms with Gasteiger partial charge in [-0.2, -0.15) is 0 Å². The van der Waals surface area contributed by atoms with Crippen molar-refractivity contribution >= 4 is 38.8 Å². The summed E-state index contributed by atoms with van der Waals surface area (Å²) in [6.45, 7) is 1.54. The number of anilines is 1. The topological polar surface area (TPSA) is 107 Å². The Kier molecular flexibility index (Phi) is 5.54. The summed E-state index contributed by atoms with van der Waals surface area (Å²) in [6, 6.07) is 10.8. The fraction of sp³-hybridized carbons (Fsp3) is 0.0952. The molecule has 2 aromatic carbocycles. The molecule has 2 heterocycles. The first-order chi connectivity index (χ1) is 14.9. The normalized spacial score (nSPS) is 10.8. The highest BCUT2D eigenvalue weighted by atomic mass is 32.1. The molecule has 4 rings (SSSR count). The number of hydrogen-bond acceptors (Lipinski definition) is 7. The number of non-ortho nitro benzene ring substituents is 1. The number of nitro benzene ring substituents is 1. The molecule has 4 aromatic rings. The molecular weight excluding hydrogens is 423 g/mol. The number of ether oxygens (including phenoxy) is 1. The zero-order valence-electron chi connectivity index (χ0n) is 16.2. The van der Waals surface area contributed by atoms with Gasteiger partial charge in [-0.05, 0) is 18.6 Å². The third-order valence-corrected chi connectivity index (χ3v) is 5.36. The van der Waals surface area contributed by atoms with Crippen molar-refractivity contribution in [3.63, 3.8) is 0 Å². The molecule has 0 aliphatic heterocycles. The van der Waals surface area contributed by atoms with E-state index in [-0.39, 0.29) is 17.3 Å². The van der Waals surface area contributed by atoms with Gasteiger partial charge in [-0.3, -0.25) is 14.9 Å². The number of benzene rings is 2. The van der Waals surface area contributed by atoms with E-state index >= 15 is 0 Å². The lowest BCUT2D eigenvalue weighted by atomic mass is 10.0. The molecule has 0 atom stereocenters. The van der Waals surface area contributed by atoms with Gasteiger partial charge >= 0.3 is 0 Å². The molecule has 0 bridgehead atoms. The molecule has 0 spiro atoms. The maximum absolute atomic E-state index is 13.9. The molecule has 156 valence electrons. The molecule has 1 amide bonds. The molecular formula is C21H15FN4O4S. The minimum Gasteiger partial charge on any atom is -0.467 e. The van der Waals surface area contributed by atoms with Gasteiger partial charge in [0.2, 0.25) is 5.88 Å². The summed E-state index contributed by atoms with van der Waals surface area (Å²) in [6.07, 6.45) is 1.34. The maximum Gasteiger partial charge on any atom is 0.271 e. The number of nitrogens with zero attached hydrogens (tertiary/aromatic N) is 3. The summed E-state index contributed by atoms with van der Waals surface area (Å²) >= 11 is 1.43. The predicted molar refractivity (Wildman–Crippen MR) is 115 cm³/mol. The van der Waals surface area contributed by atoms with E-state index in [1.165, 1.54) is 17.7 Å². The summed E-state index contributed by atoms with van der Waals surface area (Å²) in [4.78, 5) is 31.6. The van der Waals surface area contributed by atoms with E-state index in [0.29, 0.717) is 10.2 Å². The maximum atomic E-state index is 13.9. The second-order valence-electron chi connectivity index (χ2n) is 6.63. The van der Waals surface area contributed by atoms with Crippen LogP contribution < -0.4 is 10.1 Å². The van der Waals surface area contributed by atoms with Crippen LogP contribution in [0.4, 0.5) is 15.8 Å². The van der Waals surface area contributed by atoms with Gasteiger partial charge in [0.1, 0.15) is 17.0 Å². The SMILES string of the molecule is Cc1ccc(-c2csc3ncnc(OCC(=O)Nc4cc([N+](=O)[O-])ccc4F)c23)cc1. The minimum atomic E-state index is -0.789. The number of aryl methyl sites for hydroxylation is 1. The van der Waals surface area contributed by atoms with E-state index in [1.54, 1.807) is 0 Å². The van der Waals surface area contributed by atoms with Crippen LogP contribution in [0.2, 0.25) is 0 Å². The van der Waals surface area contributed by atoms with Crippen molar-refractivity contribution in [1.29, 1.82) is 0 Å². The highest BCUT2D eigenvalue weighted by Crippen LogP contribution is 2.37. The average Bonchev–Trinajstić information content (AvgIpc) is 3.19. The van der Waals surface area contributed by atoms with E-state index in [0.717, 1.165) is 34.9 Å². The Hall–Kier alpha value is -3.92. The van der Waals surface area contributed by atoms with Gasteiger partial charge in [-0.25, -0.2) is 14.4 Å². The molecule has 0 aliphatic carbocycles. The summed E-state index contributed by atoms with van der Waals surface area (Å²) in [5.74, 6) is -1.25. The first kappa shape index (κ1) is 20.4. The number of aromatic nitrogens is 2. The van der Waals surface area contributed by atoms with Crippen LogP contribution in [0.1, 0.15) is 5.56 Å². The van der Waals surface area contributed by atoms with Gasteiger partial charge in [0.25, 0.3) is 11.6 Å². The Balaban J connectivity index is 1.55. The molecule has 0 saturated carbocycles. The van der Waals surface area contributed by atoms with Crippen LogP contribution in [0.5, 0.6) is 5.88 Å². The van der Waals surface area contributed by atoms with E-state index < -0.39 is 23.3 Å². The number of nitro groups is 1. The van der Waals surface area contributed by atoms with E-state index in [4.69, 9.17) is 4.74 Å². The quantitative estimate of drug-likeness (QED) is 0.344. The number of thiophene rings is 1. The molecule has 0 unspecified atom stereocenters. The zero-order valence-corrected chi connectivity index (χ0v) is 17.0. The van der Waals surface area contributed by atoms with Crippen LogP contribution in [0.15, 0.2) is 54.2 Å². The van der Waals surface area contributed by atoms with Gasteiger partial charge in [0.05, 0.1) is 16.0 Å². The first-order valence-electron chi connectivity index (χ1n) is 9.08. The van der Waals surface area contributed by atoms with Gasteiger partial charge in [-0.15, -0.1) is 11.3 Å². The number of carbonyl (C=O) groups excluding carboxylic acids is 1. The minimum absolute atomic E-state index is 0.219. The summed E-state index contributed by atoms with van der Waals surface area (Å²) < 4.78 is 19.5. The number of nitrogens with one attached hydrogen (secondary N) is 1. The Morgan fingerprint density at radius 3 is 2.74 bits per heavy atom. The van der Waals surface area contributed by atoms with Gasteiger partial charge in [0.15, 0.2) is 6.61 Å². The summed E-state index contributed by atoms with van der Waals surface area (Å²) in [5, 5.41) is 15.8. The fourth-order valence-electron chi connectivity index (χ4n) is 2.95. The Labute approximate surface area is 179 Å². The third kappa shape index (κ3) is 4.33. The number of carbonyl (C=O) groups is 1. The highest BCUT2D eigenvalue weighted by Gasteiger charge is 2.17. The predicted octanol–water partition coefficient (Wildman–Crippen LogP) is 4.73. The summed E-state index contributed by atoms with van der Waals surface area (Å²) in [5.41, 5.74) is 2.32. The van der Waals surface area contributed by atoms with Crippen molar-refractivity contribution in [2.75, 3.05) is 11.9 Å². The zero-order chi connectivity index (χ0) is 22.0. The van der Waals surface area contributed by atoms with Crippen LogP contribution in [0.3, 0.4) is 0 Å². The van der Waals surface area contributed by atoms with E-state index in [9.17, 15) is 19.3 Å². The molecule has 0 saturated heterocycles. The standard InChI is InChI=1S/C21H15FN4O4S/c1-12-2-4-13(5-3-12)15-10-31-21-19(15)20(23-11-24-21)30-9-18(27)25-17-8-14(26(28)29)6-7-16(17)22/h2-8,10-11H,9H2,1H3,(H,25,27). The molecule has 10 heteroatoms. The third-order valence-electron chi connectivity index (χ3n) is 4.47. The second kappa shape index (κ2) is 8.44. The van der Waals surface area contributed by atoms with Crippen molar-refractivity contribution in [3.8, 4) is 17.0 Å². The Bertz CT molecular complexity index is 1290. The van der Waals surface area contributed by atoms with Crippen LogP contribution in [0, 0.1) is 22.9 Å². The van der Waals surface area contributed by atoms with Crippen molar-refractivity contribution in [1.82, 2.24) is 9.97 Å². The summed E-state index contributed by atoms with van der Waals surface area (Å²) in [7, 11) is 0. The number of hydrogen-bond donors (Lipinski definition) is 1. The Morgan fingerprint density at radius 2 is 2.00 bits per heavy atom. The molecule has 2 aromatic heterocycles. The fourth-order valence-corrected chi connectivity index (χ4v) is 3.85. The second-order valence-corrected chi connectivity index (χ2v) is 7.49. The lowest BCUT2D eigenvalue weighted by Crippen LogP contribution is -2.21. The molecule has 0 radical (unpaired) electrons.